The largest absolute Gasteiger partial charge is 0.296 e. The van der Waals surface area contributed by atoms with E-state index in [4.69, 9.17) is 0 Å². The molecule has 0 aliphatic carbocycles. The zero-order chi connectivity index (χ0) is 17.5. The summed E-state index contributed by atoms with van der Waals surface area (Å²) in [5.41, 5.74) is 4.33. The van der Waals surface area contributed by atoms with Crippen LogP contribution in [0.2, 0.25) is 0 Å². The number of hydrogen-bond acceptors (Lipinski definition) is 4. The van der Waals surface area contributed by atoms with Crippen molar-refractivity contribution >= 4 is 9.84 Å². The molecular weight excluding hydrogens is 322 g/mol. The predicted molar refractivity (Wildman–Crippen MR) is 96.2 cm³/mol. The van der Waals surface area contributed by atoms with E-state index in [2.05, 4.69) is 36.0 Å². The predicted octanol–water partition coefficient (Wildman–Crippen LogP) is 2.50. The van der Waals surface area contributed by atoms with E-state index in [1.165, 1.54) is 16.7 Å². The first-order valence-corrected chi connectivity index (χ1v) is 10.0. The molecular formula is C18H25N3O2S. The van der Waals surface area contributed by atoms with Crippen molar-refractivity contribution in [1.82, 2.24) is 14.7 Å². The minimum Gasteiger partial charge on any atom is -0.296 e. The molecule has 1 aliphatic rings. The number of hydrogen-bond donors (Lipinski definition) is 0. The third-order valence-electron chi connectivity index (χ3n) is 5.07. The van der Waals surface area contributed by atoms with Crippen LogP contribution in [-0.2, 0) is 16.4 Å². The van der Waals surface area contributed by atoms with E-state index < -0.39 is 9.84 Å². The van der Waals surface area contributed by atoms with Gasteiger partial charge in [-0.3, -0.25) is 4.90 Å². The molecule has 1 aromatic carbocycles. The van der Waals surface area contributed by atoms with Gasteiger partial charge in [0.05, 0.1) is 17.2 Å². The first kappa shape index (κ1) is 17.2. The first-order valence-electron chi connectivity index (χ1n) is 8.22. The van der Waals surface area contributed by atoms with Crippen molar-refractivity contribution in [2.45, 2.75) is 39.3 Å². The SMILES string of the molecule is Cc1cc(C)c(-n2cccn2)c(CN(C)C2(C)CCS(=O)(=O)C2)c1. The fourth-order valence-electron chi connectivity index (χ4n) is 3.64. The molecule has 1 saturated heterocycles. The lowest BCUT2D eigenvalue weighted by molar-refractivity contribution is 0.154. The second-order valence-electron chi connectivity index (χ2n) is 7.24. The van der Waals surface area contributed by atoms with Gasteiger partial charge in [0.1, 0.15) is 0 Å². The van der Waals surface area contributed by atoms with Crippen LogP contribution in [0.25, 0.3) is 5.69 Å². The third kappa shape index (κ3) is 3.26. The second kappa shape index (κ2) is 6.01. The highest BCUT2D eigenvalue weighted by Gasteiger charge is 2.41. The number of nitrogens with zero attached hydrogens (tertiary/aromatic N) is 3. The Bertz CT molecular complexity index is 843. The normalized spacial score (nSPS) is 23.0. The Morgan fingerprint density at radius 3 is 2.67 bits per heavy atom. The smallest absolute Gasteiger partial charge is 0.152 e. The zero-order valence-electron chi connectivity index (χ0n) is 14.8. The highest BCUT2D eigenvalue weighted by atomic mass is 32.2. The van der Waals surface area contributed by atoms with Gasteiger partial charge in [-0.05, 0) is 51.4 Å². The summed E-state index contributed by atoms with van der Waals surface area (Å²) in [6.45, 7) is 6.93. The Hall–Kier alpha value is -1.66. The highest BCUT2D eigenvalue weighted by Crippen LogP contribution is 2.31. The van der Waals surface area contributed by atoms with Gasteiger partial charge >= 0.3 is 0 Å². The summed E-state index contributed by atoms with van der Waals surface area (Å²) in [5, 5.41) is 4.39. The van der Waals surface area contributed by atoms with E-state index in [1.54, 1.807) is 6.20 Å². The van der Waals surface area contributed by atoms with E-state index in [0.29, 0.717) is 13.0 Å². The van der Waals surface area contributed by atoms with Crippen molar-refractivity contribution in [3.05, 3.63) is 47.3 Å². The number of aryl methyl sites for hydroxylation is 2. The van der Waals surface area contributed by atoms with E-state index >= 15 is 0 Å². The molecule has 3 rings (SSSR count). The minimum absolute atomic E-state index is 0.235. The second-order valence-corrected chi connectivity index (χ2v) is 9.42. The summed E-state index contributed by atoms with van der Waals surface area (Å²) in [4.78, 5) is 2.18. The van der Waals surface area contributed by atoms with Gasteiger partial charge < -0.3 is 0 Å². The summed E-state index contributed by atoms with van der Waals surface area (Å²) in [5.74, 6) is 0.519. The molecule has 0 saturated carbocycles. The van der Waals surface area contributed by atoms with Crippen molar-refractivity contribution in [1.29, 1.82) is 0 Å². The third-order valence-corrected chi connectivity index (χ3v) is 6.96. The number of sulfone groups is 1. The van der Waals surface area contributed by atoms with Crippen LogP contribution in [0.3, 0.4) is 0 Å². The van der Waals surface area contributed by atoms with Gasteiger partial charge in [0.15, 0.2) is 9.84 Å². The van der Waals surface area contributed by atoms with Gasteiger partial charge in [0, 0.05) is 24.5 Å². The first-order chi connectivity index (χ1) is 11.2. The van der Waals surface area contributed by atoms with Crippen LogP contribution in [0.5, 0.6) is 0 Å². The number of benzene rings is 1. The molecule has 5 nitrogen and oxygen atoms in total. The molecule has 2 aromatic rings. The molecule has 24 heavy (non-hydrogen) atoms. The highest BCUT2D eigenvalue weighted by molar-refractivity contribution is 7.91. The summed E-state index contributed by atoms with van der Waals surface area (Å²) in [6, 6.07) is 6.24. The maximum atomic E-state index is 11.9. The molecule has 1 aliphatic heterocycles. The van der Waals surface area contributed by atoms with Crippen LogP contribution in [0.4, 0.5) is 0 Å². The monoisotopic (exact) mass is 347 g/mol. The Kier molecular flexibility index (Phi) is 4.30. The quantitative estimate of drug-likeness (QED) is 0.853. The van der Waals surface area contributed by atoms with E-state index in [1.807, 2.05) is 30.9 Å². The molecule has 2 heterocycles. The number of aromatic nitrogens is 2. The van der Waals surface area contributed by atoms with Crippen molar-refractivity contribution in [3.8, 4) is 5.69 Å². The minimum atomic E-state index is -2.92. The van der Waals surface area contributed by atoms with Crippen LogP contribution in [0.15, 0.2) is 30.6 Å². The maximum Gasteiger partial charge on any atom is 0.152 e. The molecule has 0 radical (unpaired) electrons. The van der Waals surface area contributed by atoms with Crippen LogP contribution in [0, 0.1) is 13.8 Å². The van der Waals surface area contributed by atoms with E-state index in [0.717, 1.165) is 5.69 Å². The van der Waals surface area contributed by atoms with Gasteiger partial charge in [-0.1, -0.05) is 17.7 Å². The van der Waals surface area contributed by atoms with Crippen LogP contribution < -0.4 is 0 Å². The topological polar surface area (TPSA) is 55.2 Å². The molecule has 0 amide bonds. The molecule has 1 unspecified atom stereocenters. The average molecular weight is 347 g/mol. The lowest BCUT2D eigenvalue weighted by Crippen LogP contribution is -2.44. The molecule has 0 N–H and O–H groups in total. The van der Waals surface area contributed by atoms with Crippen LogP contribution >= 0.6 is 0 Å². The van der Waals surface area contributed by atoms with Gasteiger partial charge in [-0.2, -0.15) is 5.10 Å². The molecule has 1 atom stereocenters. The standard InChI is InChI=1S/C18H25N3O2S/c1-14-10-15(2)17(21-8-5-7-19-21)16(11-14)12-20(4)18(3)6-9-24(22,23)13-18/h5,7-8,10-11H,6,9,12-13H2,1-4H3. The summed E-state index contributed by atoms with van der Waals surface area (Å²) < 4.78 is 25.7. The molecule has 0 spiro atoms. The Balaban J connectivity index is 1.96. The summed E-state index contributed by atoms with van der Waals surface area (Å²) in [7, 11) is -0.901. The van der Waals surface area contributed by atoms with Crippen LogP contribution in [-0.4, -0.2) is 47.2 Å². The Morgan fingerprint density at radius 1 is 1.33 bits per heavy atom. The average Bonchev–Trinajstić information content (AvgIpc) is 3.07. The van der Waals surface area contributed by atoms with Gasteiger partial charge in [-0.15, -0.1) is 0 Å². The molecule has 1 fully saturated rings. The van der Waals surface area contributed by atoms with Gasteiger partial charge in [-0.25, -0.2) is 13.1 Å². The molecule has 1 aromatic heterocycles. The van der Waals surface area contributed by atoms with E-state index in [-0.39, 0.29) is 17.0 Å². The summed E-state index contributed by atoms with van der Waals surface area (Å²) >= 11 is 0. The van der Waals surface area contributed by atoms with Gasteiger partial charge in [0.2, 0.25) is 0 Å². The molecule has 6 heteroatoms. The zero-order valence-corrected chi connectivity index (χ0v) is 15.6. The maximum absolute atomic E-state index is 11.9. The van der Waals surface area contributed by atoms with Crippen molar-refractivity contribution in [3.63, 3.8) is 0 Å². The van der Waals surface area contributed by atoms with E-state index in [9.17, 15) is 8.42 Å². The lowest BCUT2D eigenvalue weighted by atomic mass is 9.97. The molecule has 0 bridgehead atoms. The van der Waals surface area contributed by atoms with Crippen molar-refractivity contribution < 1.29 is 8.42 Å². The fourth-order valence-corrected chi connectivity index (χ4v) is 5.85. The fraction of sp³-hybridized carbons (Fsp3) is 0.500. The van der Waals surface area contributed by atoms with Crippen molar-refractivity contribution in [2.75, 3.05) is 18.6 Å². The Labute approximate surface area is 144 Å². The number of rotatable bonds is 4. The van der Waals surface area contributed by atoms with Crippen molar-refractivity contribution in [2.24, 2.45) is 0 Å². The van der Waals surface area contributed by atoms with Crippen LogP contribution in [0.1, 0.15) is 30.0 Å². The molecule has 130 valence electrons. The summed E-state index contributed by atoms with van der Waals surface area (Å²) in [6.07, 6.45) is 4.41. The Morgan fingerprint density at radius 2 is 2.08 bits per heavy atom. The lowest BCUT2D eigenvalue weighted by Gasteiger charge is -2.35. The van der Waals surface area contributed by atoms with Gasteiger partial charge in [0.25, 0.3) is 0 Å².